The van der Waals surface area contributed by atoms with Crippen LogP contribution in [-0.2, 0) is 9.63 Å². The molecule has 7 heteroatoms. The topological polar surface area (TPSA) is 41.9 Å². The van der Waals surface area contributed by atoms with Crippen molar-refractivity contribution in [3.8, 4) is 0 Å². The highest BCUT2D eigenvalue weighted by Gasteiger charge is 2.42. The molecule has 0 aromatic heterocycles. The van der Waals surface area contributed by atoms with Crippen LogP contribution in [0.25, 0.3) is 0 Å². The predicted octanol–water partition coefficient (Wildman–Crippen LogP) is 0.864. The van der Waals surface area contributed by atoms with Crippen molar-refractivity contribution < 1.29 is 22.8 Å². The van der Waals surface area contributed by atoms with Gasteiger partial charge in [0.25, 0.3) is 0 Å². The summed E-state index contributed by atoms with van der Waals surface area (Å²) in [6.45, 7) is 0.0122. The summed E-state index contributed by atoms with van der Waals surface area (Å²) in [5.41, 5.74) is 0. The van der Waals surface area contributed by atoms with Crippen molar-refractivity contribution in [2.75, 3.05) is 6.54 Å². The number of hydrogen-bond donors (Lipinski definition) is 0. The molecule has 0 atom stereocenters. The van der Waals surface area contributed by atoms with Crippen molar-refractivity contribution in [3.63, 3.8) is 0 Å². The third kappa shape index (κ3) is 2.77. The predicted molar refractivity (Wildman–Crippen MR) is 36.5 cm³/mol. The number of alkyl halides is 3. The first-order chi connectivity index (χ1) is 6.00. The summed E-state index contributed by atoms with van der Waals surface area (Å²) in [5, 5.41) is 0.739. The maximum absolute atomic E-state index is 11.6. The van der Waals surface area contributed by atoms with Crippen LogP contribution in [0, 0.1) is 0 Å². The molecule has 1 aliphatic heterocycles. The van der Waals surface area contributed by atoms with Crippen molar-refractivity contribution in [2.45, 2.75) is 6.18 Å². The summed E-state index contributed by atoms with van der Waals surface area (Å²) in [4.78, 5) is 17.8. The van der Waals surface area contributed by atoms with E-state index >= 15 is 0 Å². The molecule has 0 saturated carbocycles. The summed E-state index contributed by atoms with van der Waals surface area (Å²) in [5.74, 6) is -2.24. The Labute approximate surface area is 71.2 Å². The lowest BCUT2D eigenvalue weighted by atomic mass is 10.6. The standard InChI is InChI=1S/C6H5F3N2O2/c7-6(8,9)5(12)13-11-3-1-10-2-4-11/h1-3H,4H2. The Morgan fingerprint density at radius 3 is 2.69 bits per heavy atom. The lowest BCUT2D eigenvalue weighted by Gasteiger charge is -2.18. The van der Waals surface area contributed by atoms with E-state index in [0.717, 1.165) is 11.3 Å². The average molecular weight is 194 g/mol. The van der Waals surface area contributed by atoms with Crippen molar-refractivity contribution in [1.29, 1.82) is 0 Å². The molecule has 1 aliphatic rings. The van der Waals surface area contributed by atoms with Gasteiger partial charge in [0, 0.05) is 12.4 Å². The number of hydrogen-bond acceptors (Lipinski definition) is 4. The minimum atomic E-state index is -4.97. The first kappa shape index (κ1) is 9.56. The summed E-state index contributed by atoms with van der Waals surface area (Å²) in [6, 6.07) is 0. The first-order valence-corrected chi connectivity index (χ1v) is 3.24. The molecule has 1 rings (SSSR count). The van der Waals surface area contributed by atoms with Gasteiger partial charge in [0.1, 0.15) is 0 Å². The molecular formula is C6H5F3N2O2. The molecule has 4 nitrogen and oxygen atoms in total. The number of halogens is 3. The number of rotatable bonds is 1. The molecule has 0 fully saturated rings. The fourth-order valence-electron chi connectivity index (χ4n) is 0.588. The van der Waals surface area contributed by atoms with Gasteiger partial charge in [0.05, 0.1) is 12.7 Å². The molecular weight excluding hydrogens is 189 g/mol. The highest BCUT2D eigenvalue weighted by atomic mass is 19.4. The Morgan fingerprint density at radius 1 is 1.54 bits per heavy atom. The SMILES string of the molecule is O=C(ON1C=CN=CC1)C(F)(F)F. The summed E-state index contributed by atoms with van der Waals surface area (Å²) in [6.07, 6.45) is -1.32. The second kappa shape index (κ2) is 3.46. The number of carbonyl (C=O) groups excluding carboxylic acids is 1. The molecule has 1 heterocycles. The number of hydroxylamine groups is 2. The fourth-order valence-corrected chi connectivity index (χ4v) is 0.588. The highest BCUT2D eigenvalue weighted by molar-refractivity contribution is 5.75. The van der Waals surface area contributed by atoms with Crippen LogP contribution in [0.5, 0.6) is 0 Å². The molecule has 0 unspecified atom stereocenters. The maximum atomic E-state index is 11.6. The molecule has 13 heavy (non-hydrogen) atoms. The minimum Gasteiger partial charge on any atom is -0.332 e. The molecule has 0 radical (unpaired) electrons. The molecule has 0 bridgehead atoms. The van der Waals surface area contributed by atoms with Gasteiger partial charge in [-0.2, -0.15) is 13.2 Å². The van der Waals surface area contributed by atoms with E-state index in [4.69, 9.17) is 0 Å². The van der Waals surface area contributed by atoms with Gasteiger partial charge in [0.2, 0.25) is 0 Å². The quantitative estimate of drug-likeness (QED) is 0.621. The van der Waals surface area contributed by atoms with E-state index in [1.54, 1.807) is 0 Å². The van der Waals surface area contributed by atoms with Gasteiger partial charge in [-0.05, 0) is 0 Å². The van der Waals surface area contributed by atoms with Crippen LogP contribution >= 0.6 is 0 Å². The van der Waals surface area contributed by atoms with Crippen molar-refractivity contribution in [1.82, 2.24) is 5.06 Å². The van der Waals surface area contributed by atoms with E-state index < -0.39 is 12.1 Å². The lowest BCUT2D eigenvalue weighted by Crippen LogP contribution is -2.33. The van der Waals surface area contributed by atoms with Gasteiger partial charge < -0.3 is 4.84 Å². The molecule has 0 spiro atoms. The molecule has 0 aromatic rings. The van der Waals surface area contributed by atoms with Gasteiger partial charge in [-0.15, -0.1) is 0 Å². The maximum Gasteiger partial charge on any atom is 0.493 e. The largest absolute Gasteiger partial charge is 0.493 e. The molecule has 0 N–H and O–H groups in total. The van der Waals surface area contributed by atoms with E-state index in [1.165, 1.54) is 12.4 Å². The van der Waals surface area contributed by atoms with Crippen molar-refractivity contribution >= 4 is 12.2 Å². The van der Waals surface area contributed by atoms with Crippen LogP contribution in [0.2, 0.25) is 0 Å². The fraction of sp³-hybridized carbons (Fsp3) is 0.333. The van der Waals surface area contributed by atoms with Crippen LogP contribution in [0.15, 0.2) is 17.4 Å². The number of nitrogens with zero attached hydrogens (tertiary/aromatic N) is 2. The summed E-state index contributed by atoms with van der Waals surface area (Å²) >= 11 is 0. The first-order valence-electron chi connectivity index (χ1n) is 3.24. The van der Waals surface area contributed by atoms with Crippen molar-refractivity contribution in [3.05, 3.63) is 12.4 Å². The average Bonchev–Trinajstić information content (AvgIpc) is 2.04. The Hall–Kier alpha value is -1.53. The Bertz CT molecular complexity index is 259. The van der Waals surface area contributed by atoms with Gasteiger partial charge in [-0.1, -0.05) is 0 Å². The normalized spacial score (nSPS) is 16.1. The Balaban J connectivity index is 2.46. The third-order valence-electron chi connectivity index (χ3n) is 1.12. The smallest absolute Gasteiger partial charge is 0.332 e. The van der Waals surface area contributed by atoms with Crippen LogP contribution in [0.4, 0.5) is 13.2 Å². The highest BCUT2D eigenvalue weighted by Crippen LogP contribution is 2.17. The zero-order valence-electron chi connectivity index (χ0n) is 6.28. The van der Waals surface area contributed by atoms with Crippen LogP contribution in [0.1, 0.15) is 0 Å². The third-order valence-corrected chi connectivity index (χ3v) is 1.12. The van der Waals surface area contributed by atoms with Gasteiger partial charge in [-0.25, -0.2) is 9.86 Å². The second-order valence-electron chi connectivity index (χ2n) is 2.11. The van der Waals surface area contributed by atoms with E-state index in [-0.39, 0.29) is 6.54 Å². The van der Waals surface area contributed by atoms with E-state index in [1.807, 2.05) is 0 Å². The van der Waals surface area contributed by atoms with Crippen LogP contribution in [0.3, 0.4) is 0 Å². The van der Waals surface area contributed by atoms with Crippen molar-refractivity contribution in [2.24, 2.45) is 4.99 Å². The zero-order valence-corrected chi connectivity index (χ0v) is 6.28. The van der Waals surface area contributed by atoms with E-state index in [9.17, 15) is 18.0 Å². The van der Waals surface area contributed by atoms with Gasteiger partial charge >= 0.3 is 12.1 Å². The molecule has 0 amide bonds. The lowest BCUT2D eigenvalue weighted by molar-refractivity contribution is -0.227. The minimum absolute atomic E-state index is 0.0122. The van der Waals surface area contributed by atoms with Gasteiger partial charge in [0.15, 0.2) is 0 Å². The molecule has 72 valence electrons. The summed E-state index contributed by atoms with van der Waals surface area (Å²) < 4.78 is 34.9. The van der Waals surface area contributed by atoms with E-state index in [2.05, 4.69) is 9.83 Å². The van der Waals surface area contributed by atoms with Gasteiger partial charge in [-0.3, -0.25) is 4.99 Å². The summed E-state index contributed by atoms with van der Waals surface area (Å²) in [7, 11) is 0. The number of aliphatic imine (C=N–C) groups is 1. The monoisotopic (exact) mass is 194 g/mol. The van der Waals surface area contributed by atoms with Crippen LogP contribution in [-0.4, -0.2) is 30.0 Å². The zero-order chi connectivity index (χ0) is 9.90. The molecule has 0 saturated heterocycles. The molecule has 0 aromatic carbocycles. The number of carbonyl (C=O) groups is 1. The van der Waals surface area contributed by atoms with E-state index in [0.29, 0.717) is 0 Å². The second-order valence-corrected chi connectivity index (χ2v) is 2.11. The molecule has 0 aliphatic carbocycles. The van der Waals surface area contributed by atoms with Crippen LogP contribution < -0.4 is 0 Å². The Morgan fingerprint density at radius 2 is 2.23 bits per heavy atom. The Kier molecular flexibility index (Phi) is 2.54.